The Morgan fingerprint density at radius 1 is 1.05 bits per heavy atom. The molecule has 1 aliphatic carbocycles. The first-order chi connectivity index (χ1) is 9.81. The van der Waals surface area contributed by atoms with Gasteiger partial charge in [0, 0.05) is 25.2 Å². The zero-order chi connectivity index (χ0) is 13.8. The monoisotopic (exact) mass is 279 g/mol. The molecule has 20 heavy (non-hydrogen) atoms. The molecule has 0 aromatic rings. The quantitative estimate of drug-likeness (QED) is 0.771. The fourth-order valence-electron chi connectivity index (χ4n) is 3.99. The van der Waals surface area contributed by atoms with E-state index in [1.165, 1.54) is 84.1 Å². The fourth-order valence-corrected chi connectivity index (χ4v) is 3.99. The number of nitrogens with zero attached hydrogens (tertiary/aromatic N) is 2. The second-order valence-corrected chi connectivity index (χ2v) is 7.42. The van der Waals surface area contributed by atoms with Crippen LogP contribution < -0.4 is 5.32 Å². The minimum Gasteiger partial charge on any atom is -0.313 e. The van der Waals surface area contributed by atoms with E-state index in [0.29, 0.717) is 0 Å². The van der Waals surface area contributed by atoms with Crippen LogP contribution in [-0.2, 0) is 0 Å². The van der Waals surface area contributed by atoms with Gasteiger partial charge in [0.2, 0.25) is 0 Å². The minimum atomic E-state index is 0.776. The van der Waals surface area contributed by atoms with Gasteiger partial charge in [-0.15, -0.1) is 0 Å². The lowest BCUT2D eigenvalue weighted by atomic mass is 10.00. The maximum Gasteiger partial charge on any atom is 0.0195 e. The van der Waals surface area contributed by atoms with Crippen molar-refractivity contribution in [1.82, 2.24) is 15.1 Å². The first kappa shape index (κ1) is 14.8. The molecule has 3 nitrogen and oxygen atoms in total. The molecule has 2 unspecified atom stereocenters. The van der Waals surface area contributed by atoms with Crippen LogP contribution in [0.1, 0.15) is 51.4 Å². The van der Waals surface area contributed by atoms with Gasteiger partial charge in [-0.1, -0.05) is 6.42 Å². The van der Waals surface area contributed by atoms with Crippen molar-refractivity contribution in [1.29, 1.82) is 0 Å². The van der Waals surface area contributed by atoms with Crippen LogP contribution in [0.5, 0.6) is 0 Å². The average Bonchev–Trinajstić information content (AvgIpc) is 3.11. The van der Waals surface area contributed by atoms with Crippen molar-refractivity contribution in [2.75, 3.05) is 39.8 Å². The Bertz CT molecular complexity index is 284. The summed E-state index contributed by atoms with van der Waals surface area (Å²) in [5.41, 5.74) is 0. The minimum absolute atomic E-state index is 0.776. The van der Waals surface area contributed by atoms with Gasteiger partial charge in [0.1, 0.15) is 0 Å². The van der Waals surface area contributed by atoms with E-state index in [0.717, 1.165) is 18.0 Å². The summed E-state index contributed by atoms with van der Waals surface area (Å²) < 4.78 is 0. The topological polar surface area (TPSA) is 18.5 Å². The molecule has 3 aliphatic rings. The van der Waals surface area contributed by atoms with Gasteiger partial charge >= 0.3 is 0 Å². The van der Waals surface area contributed by atoms with Crippen molar-refractivity contribution < 1.29 is 0 Å². The third-order valence-electron chi connectivity index (χ3n) is 5.55. The Morgan fingerprint density at radius 2 is 1.95 bits per heavy atom. The first-order valence-corrected chi connectivity index (χ1v) is 8.97. The van der Waals surface area contributed by atoms with Crippen LogP contribution in [0.3, 0.4) is 0 Å². The van der Waals surface area contributed by atoms with E-state index in [-0.39, 0.29) is 0 Å². The summed E-state index contributed by atoms with van der Waals surface area (Å²) in [6, 6.07) is 1.62. The Labute approximate surface area is 125 Å². The third-order valence-corrected chi connectivity index (χ3v) is 5.55. The van der Waals surface area contributed by atoms with E-state index in [1.54, 1.807) is 0 Å². The number of hydrogen-bond donors (Lipinski definition) is 1. The molecule has 3 heteroatoms. The third kappa shape index (κ3) is 4.44. The van der Waals surface area contributed by atoms with E-state index in [9.17, 15) is 0 Å². The van der Waals surface area contributed by atoms with Crippen LogP contribution in [0.4, 0.5) is 0 Å². The Hall–Kier alpha value is -0.120. The molecule has 2 heterocycles. The van der Waals surface area contributed by atoms with Crippen molar-refractivity contribution in [2.24, 2.45) is 5.92 Å². The highest BCUT2D eigenvalue weighted by atomic mass is 15.2. The van der Waals surface area contributed by atoms with E-state index in [4.69, 9.17) is 0 Å². The van der Waals surface area contributed by atoms with E-state index < -0.39 is 0 Å². The van der Waals surface area contributed by atoms with Crippen LogP contribution in [0.2, 0.25) is 0 Å². The highest BCUT2D eigenvalue weighted by Gasteiger charge is 2.27. The molecule has 0 aromatic heterocycles. The van der Waals surface area contributed by atoms with Crippen molar-refractivity contribution in [3.8, 4) is 0 Å². The summed E-state index contributed by atoms with van der Waals surface area (Å²) in [7, 11) is 2.33. The molecule has 3 fully saturated rings. The van der Waals surface area contributed by atoms with E-state index in [2.05, 4.69) is 22.2 Å². The summed E-state index contributed by atoms with van der Waals surface area (Å²) in [5, 5.41) is 3.68. The molecule has 0 spiro atoms. The molecular weight excluding hydrogens is 246 g/mol. The lowest BCUT2D eigenvalue weighted by molar-refractivity contribution is 0.148. The van der Waals surface area contributed by atoms with Gasteiger partial charge < -0.3 is 15.1 Å². The maximum atomic E-state index is 3.68. The van der Waals surface area contributed by atoms with Crippen molar-refractivity contribution >= 4 is 0 Å². The molecule has 2 atom stereocenters. The molecule has 3 rings (SSSR count). The molecule has 2 saturated heterocycles. The van der Waals surface area contributed by atoms with E-state index >= 15 is 0 Å². The highest BCUT2D eigenvalue weighted by molar-refractivity contribution is 4.84. The zero-order valence-electron chi connectivity index (χ0n) is 13.3. The van der Waals surface area contributed by atoms with Gasteiger partial charge in [-0.25, -0.2) is 0 Å². The fraction of sp³-hybridized carbons (Fsp3) is 1.00. The lowest BCUT2D eigenvalue weighted by Crippen LogP contribution is -2.42. The number of piperidine rings is 1. The van der Waals surface area contributed by atoms with Crippen LogP contribution in [0.25, 0.3) is 0 Å². The maximum absolute atomic E-state index is 3.68. The van der Waals surface area contributed by atoms with Crippen LogP contribution in [0.15, 0.2) is 0 Å². The molecule has 2 aliphatic heterocycles. The molecule has 1 saturated carbocycles. The van der Waals surface area contributed by atoms with Crippen molar-refractivity contribution in [3.05, 3.63) is 0 Å². The number of likely N-dealkylation sites (tertiary alicyclic amines) is 1. The first-order valence-electron chi connectivity index (χ1n) is 8.97. The average molecular weight is 279 g/mol. The van der Waals surface area contributed by atoms with Gasteiger partial charge in [0.05, 0.1) is 0 Å². The van der Waals surface area contributed by atoms with Crippen molar-refractivity contribution in [2.45, 2.75) is 63.5 Å². The van der Waals surface area contributed by atoms with Gasteiger partial charge in [-0.2, -0.15) is 0 Å². The van der Waals surface area contributed by atoms with Gasteiger partial charge in [0.25, 0.3) is 0 Å². The van der Waals surface area contributed by atoms with Gasteiger partial charge in [-0.3, -0.25) is 0 Å². The second-order valence-electron chi connectivity index (χ2n) is 7.42. The normalized spacial score (nSPS) is 32.1. The van der Waals surface area contributed by atoms with Crippen LogP contribution >= 0.6 is 0 Å². The SMILES string of the molecule is CN1CCCCC1CCN(CC1CC1)CC1CCCN1. The molecule has 1 N–H and O–H groups in total. The predicted octanol–water partition coefficient (Wildman–Crippen LogP) is 2.32. The Morgan fingerprint density at radius 3 is 2.65 bits per heavy atom. The standard InChI is InChI=1S/C17H33N3/c1-19-11-3-2-6-17(19)9-12-20(13-15-7-8-15)14-16-5-4-10-18-16/h15-18H,2-14H2,1H3. The van der Waals surface area contributed by atoms with Gasteiger partial charge in [-0.05, 0) is 77.5 Å². The summed E-state index contributed by atoms with van der Waals surface area (Å²) in [5.74, 6) is 1.03. The largest absolute Gasteiger partial charge is 0.313 e. The molecule has 0 bridgehead atoms. The molecule has 0 amide bonds. The zero-order valence-corrected chi connectivity index (χ0v) is 13.3. The Kier molecular flexibility index (Phi) is 5.36. The predicted molar refractivity (Wildman–Crippen MR) is 85.1 cm³/mol. The van der Waals surface area contributed by atoms with Crippen molar-refractivity contribution in [3.63, 3.8) is 0 Å². The highest BCUT2D eigenvalue weighted by Crippen LogP contribution is 2.30. The molecular formula is C17H33N3. The lowest BCUT2D eigenvalue weighted by Gasteiger charge is -2.34. The molecule has 0 radical (unpaired) electrons. The van der Waals surface area contributed by atoms with Crippen LogP contribution in [-0.4, -0.2) is 61.7 Å². The summed E-state index contributed by atoms with van der Waals surface area (Å²) >= 11 is 0. The smallest absolute Gasteiger partial charge is 0.0195 e. The van der Waals surface area contributed by atoms with Crippen LogP contribution in [0, 0.1) is 5.92 Å². The molecule has 0 aromatic carbocycles. The number of nitrogens with one attached hydrogen (secondary N) is 1. The van der Waals surface area contributed by atoms with Gasteiger partial charge in [0.15, 0.2) is 0 Å². The summed E-state index contributed by atoms with van der Waals surface area (Å²) in [4.78, 5) is 5.38. The Balaban J connectivity index is 1.44. The second kappa shape index (κ2) is 7.24. The number of hydrogen-bond acceptors (Lipinski definition) is 3. The summed E-state index contributed by atoms with van der Waals surface area (Å²) in [6.07, 6.45) is 11.4. The summed E-state index contributed by atoms with van der Waals surface area (Å²) in [6.45, 7) is 6.55. The van der Waals surface area contributed by atoms with E-state index in [1.807, 2.05) is 0 Å². The number of rotatable bonds is 7. The molecule has 116 valence electrons.